The Labute approximate surface area is 145 Å². The third-order valence-corrected chi connectivity index (χ3v) is 4.41. The summed E-state index contributed by atoms with van der Waals surface area (Å²) in [7, 11) is 0. The van der Waals surface area contributed by atoms with Crippen molar-refractivity contribution in [1.29, 1.82) is 0 Å². The zero-order chi connectivity index (χ0) is 16.9. The molecular weight excluding hydrogens is 330 g/mol. The first-order valence-corrected chi connectivity index (χ1v) is 8.34. The smallest absolute Gasteiger partial charge is 0.341 e. The molecule has 0 aliphatic carbocycles. The number of rotatable bonds is 6. The van der Waals surface area contributed by atoms with Gasteiger partial charge in [0, 0.05) is 42.0 Å². The molecular formula is C17H20ClN3O3. The number of H-pyrrole nitrogens is 1. The molecule has 1 aliphatic heterocycles. The second kappa shape index (κ2) is 7.68. The van der Waals surface area contributed by atoms with Gasteiger partial charge < -0.3 is 14.8 Å². The van der Waals surface area contributed by atoms with Gasteiger partial charge in [0.1, 0.15) is 11.6 Å². The summed E-state index contributed by atoms with van der Waals surface area (Å²) >= 11 is 6.10. The van der Waals surface area contributed by atoms with Gasteiger partial charge in [0.05, 0.1) is 0 Å². The minimum atomic E-state index is -0.994. The van der Waals surface area contributed by atoms with Crippen LogP contribution < -0.4 is 4.74 Å². The molecule has 0 unspecified atom stereocenters. The van der Waals surface area contributed by atoms with Crippen molar-refractivity contribution >= 4 is 17.6 Å². The quantitative estimate of drug-likeness (QED) is 0.838. The topological polar surface area (TPSA) is 78.5 Å². The van der Waals surface area contributed by atoms with Gasteiger partial charge in [0.15, 0.2) is 6.61 Å². The lowest BCUT2D eigenvalue weighted by atomic mass is 9.97. The molecule has 24 heavy (non-hydrogen) atoms. The van der Waals surface area contributed by atoms with E-state index in [4.69, 9.17) is 21.4 Å². The van der Waals surface area contributed by atoms with Crippen molar-refractivity contribution in [3.8, 4) is 5.75 Å². The molecule has 6 nitrogen and oxygen atoms in total. The minimum Gasteiger partial charge on any atom is -0.482 e. The number of nitrogens with one attached hydrogen (secondary N) is 1. The van der Waals surface area contributed by atoms with E-state index in [0.717, 1.165) is 37.3 Å². The number of hydrogen-bond acceptors (Lipinski definition) is 4. The highest BCUT2D eigenvalue weighted by atomic mass is 35.5. The molecule has 1 fully saturated rings. The third-order valence-electron chi connectivity index (χ3n) is 4.18. The van der Waals surface area contributed by atoms with Crippen LogP contribution in [0.5, 0.6) is 5.75 Å². The van der Waals surface area contributed by atoms with Crippen LogP contribution in [0.25, 0.3) is 0 Å². The number of imidazole rings is 1. The summed E-state index contributed by atoms with van der Waals surface area (Å²) in [6.07, 6.45) is 5.84. The first-order valence-electron chi connectivity index (χ1n) is 7.96. The molecule has 0 amide bonds. The van der Waals surface area contributed by atoms with Gasteiger partial charge in [-0.05, 0) is 37.6 Å². The summed E-state index contributed by atoms with van der Waals surface area (Å²) in [5.74, 6) is 0.984. The summed E-state index contributed by atoms with van der Waals surface area (Å²) in [4.78, 5) is 20.6. The van der Waals surface area contributed by atoms with Crippen LogP contribution in [0.15, 0.2) is 30.6 Å². The van der Waals surface area contributed by atoms with E-state index in [1.807, 2.05) is 12.3 Å². The van der Waals surface area contributed by atoms with E-state index in [1.54, 1.807) is 18.3 Å². The number of aromatic amines is 1. The fourth-order valence-corrected chi connectivity index (χ4v) is 3.31. The molecule has 1 aromatic carbocycles. The molecule has 1 aliphatic rings. The van der Waals surface area contributed by atoms with Crippen LogP contribution in [0, 0.1) is 0 Å². The summed E-state index contributed by atoms with van der Waals surface area (Å²) in [5, 5.41) is 9.43. The Morgan fingerprint density at radius 3 is 3.12 bits per heavy atom. The minimum absolute atomic E-state index is 0.357. The van der Waals surface area contributed by atoms with Crippen LogP contribution in [-0.4, -0.2) is 45.6 Å². The number of halogens is 1. The number of aliphatic carboxylic acids is 1. The molecule has 0 bridgehead atoms. The maximum absolute atomic E-state index is 10.7. The van der Waals surface area contributed by atoms with Crippen molar-refractivity contribution in [2.45, 2.75) is 25.3 Å². The van der Waals surface area contributed by atoms with Gasteiger partial charge >= 0.3 is 5.97 Å². The molecule has 2 N–H and O–H groups in total. The molecule has 128 valence electrons. The summed E-state index contributed by atoms with van der Waals surface area (Å²) in [6, 6.07) is 5.29. The van der Waals surface area contributed by atoms with Gasteiger partial charge in [-0.1, -0.05) is 11.6 Å². The molecule has 1 aromatic heterocycles. The Morgan fingerprint density at radius 1 is 1.50 bits per heavy atom. The number of likely N-dealkylation sites (tertiary alicyclic amines) is 1. The summed E-state index contributed by atoms with van der Waals surface area (Å²) in [6.45, 7) is 2.21. The summed E-state index contributed by atoms with van der Waals surface area (Å²) in [5.41, 5.74) is 0.906. The lowest BCUT2D eigenvalue weighted by Gasteiger charge is -2.32. The fourth-order valence-electron chi connectivity index (χ4n) is 3.12. The molecule has 0 saturated carbocycles. The lowest BCUT2D eigenvalue weighted by Crippen LogP contribution is -2.34. The number of ether oxygens (including phenoxy) is 1. The Kier molecular flexibility index (Phi) is 5.37. The molecule has 0 radical (unpaired) electrons. The molecule has 0 spiro atoms. The van der Waals surface area contributed by atoms with Crippen molar-refractivity contribution in [3.63, 3.8) is 0 Å². The lowest BCUT2D eigenvalue weighted by molar-refractivity contribution is -0.139. The van der Waals surface area contributed by atoms with Crippen molar-refractivity contribution in [3.05, 3.63) is 47.0 Å². The van der Waals surface area contributed by atoms with Crippen LogP contribution in [0.4, 0.5) is 0 Å². The fraction of sp³-hybridized carbons (Fsp3) is 0.412. The van der Waals surface area contributed by atoms with Crippen LogP contribution >= 0.6 is 11.6 Å². The Balaban J connectivity index is 1.70. The van der Waals surface area contributed by atoms with Crippen molar-refractivity contribution < 1.29 is 14.6 Å². The number of carboxylic acids is 1. The zero-order valence-electron chi connectivity index (χ0n) is 13.2. The van der Waals surface area contributed by atoms with Crippen molar-refractivity contribution in [2.24, 2.45) is 0 Å². The number of aromatic nitrogens is 2. The normalized spacial score (nSPS) is 18.5. The third kappa shape index (κ3) is 4.27. The molecule has 2 aromatic rings. The van der Waals surface area contributed by atoms with Gasteiger partial charge in [-0.2, -0.15) is 0 Å². The van der Waals surface area contributed by atoms with Crippen molar-refractivity contribution in [1.82, 2.24) is 14.9 Å². The zero-order valence-corrected chi connectivity index (χ0v) is 14.0. The standard InChI is InChI=1S/C17H20ClN3O3/c18-14-3-4-15(24-11-16(22)23)13(8-14)10-21-7-1-2-12(9-21)17-19-5-6-20-17/h3-6,8,12H,1-2,7,9-11H2,(H,19,20)(H,22,23)/t12-/m0/s1. The molecule has 1 saturated heterocycles. The first-order chi connectivity index (χ1) is 11.6. The maximum atomic E-state index is 10.7. The van der Waals surface area contributed by atoms with E-state index >= 15 is 0 Å². The number of benzene rings is 1. The van der Waals surface area contributed by atoms with Gasteiger partial charge in [-0.3, -0.25) is 4.90 Å². The Morgan fingerprint density at radius 2 is 2.38 bits per heavy atom. The maximum Gasteiger partial charge on any atom is 0.341 e. The Bertz CT molecular complexity index is 690. The first kappa shape index (κ1) is 16.8. The number of carbonyl (C=O) groups is 1. The van der Waals surface area contributed by atoms with E-state index < -0.39 is 5.97 Å². The predicted molar refractivity (Wildman–Crippen MR) is 90.4 cm³/mol. The van der Waals surface area contributed by atoms with E-state index in [2.05, 4.69) is 14.9 Å². The van der Waals surface area contributed by atoms with Gasteiger partial charge in [0.25, 0.3) is 0 Å². The highest BCUT2D eigenvalue weighted by Gasteiger charge is 2.23. The summed E-state index contributed by atoms with van der Waals surface area (Å²) < 4.78 is 5.39. The van der Waals surface area contributed by atoms with Gasteiger partial charge in [0.2, 0.25) is 0 Å². The number of hydrogen-bond donors (Lipinski definition) is 2. The van der Waals surface area contributed by atoms with Crippen LogP contribution in [-0.2, 0) is 11.3 Å². The highest BCUT2D eigenvalue weighted by Crippen LogP contribution is 2.29. The number of piperidine rings is 1. The molecule has 1 atom stereocenters. The Hall–Kier alpha value is -2.05. The van der Waals surface area contributed by atoms with E-state index in [0.29, 0.717) is 23.2 Å². The number of nitrogens with zero attached hydrogens (tertiary/aromatic N) is 2. The van der Waals surface area contributed by atoms with E-state index in [-0.39, 0.29) is 6.61 Å². The highest BCUT2D eigenvalue weighted by molar-refractivity contribution is 6.30. The molecule has 3 rings (SSSR count). The van der Waals surface area contributed by atoms with Gasteiger partial charge in [-0.15, -0.1) is 0 Å². The average molecular weight is 350 g/mol. The molecule has 7 heteroatoms. The van der Waals surface area contributed by atoms with E-state index in [9.17, 15) is 4.79 Å². The predicted octanol–water partition coefficient (Wildman–Crippen LogP) is 2.91. The number of carboxylic acid groups (broad SMARTS) is 1. The van der Waals surface area contributed by atoms with Crippen LogP contribution in [0.2, 0.25) is 5.02 Å². The van der Waals surface area contributed by atoms with E-state index in [1.165, 1.54) is 0 Å². The largest absolute Gasteiger partial charge is 0.482 e. The molecule has 2 heterocycles. The van der Waals surface area contributed by atoms with Gasteiger partial charge in [-0.25, -0.2) is 9.78 Å². The van der Waals surface area contributed by atoms with Crippen LogP contribution in [0.1, 0.15) is 30.1 Å². The SMILES string of the molecule is O=C(O)COc1ccc(Cl)cc1CN1CCC[C@H](c2ncc[nH]2)C1. The van der Waals surface area contributed by atoms with Crippen LogP contribution in [0.3, 0.4) is 0 Å². The monoisotopic (exact) mass is 349 g/mol. The second-order valence-electron chi connectivity index (χ2n) is 5.98. The van der Waals surface area contributed by atoms with Crippen molar-refractivity contribution in [2.75, 3.05) is 19.7 Å². The second-order valence-corrected chi connectivity index (χ2v) is 6.42. The average Bonchev–Trinajstić information content (AvgIpc) is 3.09.